The van der Waals surface area contributed by atoms with Crippen molar-refractivity contribution >= 4 is 0 Å². The van der Waals surface area contributed by atoms with Gasteiger partial charge in [0.05, 0.1) is 0 Å². The molecule has 0 aliphatic carbocycles. The molecule has 1 aliphatic rings. The molecule has 3 heteroatoms. The van der Waals surface area contributed by atoms with Crippen LogP contribution in [0.4, 0.5) is 0 Å². The predicted molar refractivity (Wildman–Crippen MR) is 90.9 cm³/mol. The molecule has 0 radical (unpaired) electrons. The van der Waals surface area contributed by atoms with Crippen LogP contribution in [0, 0.1) is 0 Å². The van der Waals surface area contributed by atoms with E-state index in [-0.39, 0.29) is 0 Å². The fourth-order valence-corrected chi connectivity index (χ4v) is 3.23. The number of phenols is 1. The van der Waals surface area contributed by atoms with Gasteiger partial charge < -0.3 is 10.4 Å². The molecule has 0 aromatic heterocycles. The van der Waals surface area contributed by atoms with Crippen LogP contribution in [-0.2, 0) is 6.54 Å². The van der Waals surface area contributed by atoms with Crippen molar-refractivity contribution in [3.8, 4) is 16.9 Å². The van der Waals surface area contributed by atoms with E-state index in [0.29, 0.717) is 11.8 Å². The maximum atomic E-state index is 9.87. The van der Waals surface area contributed by atoms with Crippen molar-refractivity contribution < 1.29 is 5.11 Å². The van der Waals surface area contributed by atoms with E-state index in [2.05, 4.69) is 34.5 Å². The standard InChI is InChI=1S/C19H24N2O/c1-20-17-9-11-21(12-10-17)14-16-13-18(22)7-8-19(16)15-5-3-2-4-6-15/h2-8,13,17,20,22H,9-12,14H2,1H3. The molecule has 3 rings (SSSR count). The minimum atomic E-state index is 0.347. The first-order valence-corrected chi connectivity index (χ1v) is 8.03. The summed E-state index contributed by atoms with van der Waals surface area (Å²) >= 11 is 0. The number of aromatic hydroxyl groups is 1. The highest BCUT2D eigenvalue weighted by atomic mass is 16.3. The van der Waals surface area contributed by atoms with Crippen molar-refractivity contribution in [2.24, 2.45) is 0 Å². The molecule has 0 unspecified atom stereocenters. The summed E-state index contributed by atoms with van der Waals surface area (Å²) in [6.07, 6.45) is 2.38. The normalized spacial score (nSPS) is 16.8. The maximum Gasteiger partial charge on any atom is 0.115 e. The molecule has 22 heavy (non-hydrogen) atoms. The summed E-state index contributed by atoms with van der Waals surface area (Å²) in [5.41, 5.74) is 3.63. The molecule has 1 aliphatic heterocycles. The van der Waals surface area contributed by atoms with Crippen molar-refractivity contribution in [1.29, 1.82) is 0 Å². The van der Waals surface area contributed by atoms with Gasteiger partial charge in [-0.3, -0.25) is 4.90 Å². The van der Waals surface area contributed by atoms with Gasteiger partial charge in [-0.25, -0.2) is 0 Å². The molecule has 1 heterocycles. The lowest BCUT2D eigenvalue weighted by molar-refractivity contribution is 0.194. The van der Waals surface area contributed by atoms with Gasteiger partial charge in [-0.2, -0.15) is 0 Å². The van der Waals surface area contributed by atoms with E-state index in [9.17, 15) is 5.11 Å². The summed E-state index contributed by atoms with van der Waals surface area (Å²) in [5.74, 6) is 0.347. The third-order valence-corrected chi connectivity index (χ3v) is 4.56. The Hall–Kier alpha value is -1.84. The molecule has 116 valence electrons. The molecule has 0 bridgehead atoms. The number of phenolic OH excluding ortho intramolecular Hbond substituents is 1. The quantitative estimate of drug-likeness (QED) is 0.909. The monoisotopic (exact) mass is 296 g/mol. The fraction of sp³-hybridized carbons (Fsp3) is 0.368. The fourth-order valence-electron chi connectivity index (χ4n) is 3.23. The molecule has 2 N–H and O–H groups in total. The van der Waals surface area contributed by atoms with E-state index in [1.54, 1.807) is 6.07 Å². The number of rotatable bonds is 4. The lowest BCUT2D eigenvalue weighted by Crippen LogP contribution is -2.40. The van der Waals surface area contributed by atoms with Crippen LogP contribution in [0.3, 0.4) is 0 Å². The van der Waals surface area contributed by atoms with Crippen molar-refractivity contribution in [2.75, 3.05) is 20.1 Å². The second-order valence-corrected chi connectivity index (χ2v) is 6.05. The molecule has 1 saturated heterocycles. The molecule has 2 aromatic rings. The lowest BCUT2D eigenvalue weighted by Gasteiger charge is -2.32. The number of nitrogens with one attached hydrogen (secondary N) is 1. The molecule has 0 saturated carbocycles. The Balaban J connectivity index is 1.80. The van der Waals surface area contributed by atoms with Gasteiger partial charge in [-0.1, -0.05) is 36.4 Å². The number of benzene rings is 2. The van der Waals surface area contributed by atoms with Crippen molar-refractivity contribution in [3.63, 3.8) is 0 Å². The van der Waals surface area contributed by atoms with Gasteiger partial charge in [-0.15, -0.1) is 0 Å². The highest BCUT2D eigenvalue weighted by molar-refractivity contribution is 5.68. The van der Waals surface area contributed by atoms with Gasteiger partial charge >= 0.3 is 0 Å². The number of nitrogens with zero attached hydrogens (tertiary/aromatic N) is 1. The molecule has 2 aromatic carbocycles. The smallest absolute Gasteiger partial charge is 0.115 e. The minimum Gasteiger partial charge on any atom is -0.508 e. The Morgan fingerprint density at radius 1 is 1.09 bits per heavy atom. The van der Waals surface area contributed by atoms with Crippen molar-refractivity contribution in [2.45, 2.75) is 25.4 Å². The third kappa shape index (κ3) is 3.49. The van der Waals surface area contributed by atoms with Crippen LogP contribution in [0.1, 0.15) is 18.4 Å². The number of hydrogen-bond acceptors (Lipinski definition) is 3. The van der Waals surface area contributed by atoms with E-state index in [1.165, 1.54) is 29.5 Å². The maximum absolute atomic E-state index is 9.87. The van der Waals surface area contributed by atoms with Crippen LogP contribution in [0.15, 0.2) is 48.5 Å². The van der Waals surface area contributed by atoms with Crippen LogP contribution < -0.4 is 5.32 Å². The molecule has 0 amide bonds. The van der Waals surface area contributed by atoms with Gasteiger partial charge in [0.2, 0.25) is 0 Å². The summed E-state index contributed by atoms with van der Waals surface area (Å²) in [7, 11) is 2.04. The van der Waals surface area contributed by atoms with Gasteiger partial charge in [0, 0.05) is 12.6 Å². The number of piperidine rings is 1. The van der Waals surface area contributed by atoms with Crippen LogP contribution in [0.2, 0.25) is 0 Å². The number of likely N-dealkylation sites (tertiary alicyclic amines) is 1. The first-order chi connectivity index (χ1) is 10.8. The minimum absolute atomic E-state index is 0.347. The van der Waals surface area contributed by atoms with Crippen molar-refractivity contribution in [3.05, 3.63) is 54.1 Å². The predicted octanol–water partition coefficient (Wildman–Crippen LogP) is 3.24. The van der Waals surface area contributed by atoms with Crippen molar-refractivity contribution in [1.82, 2.24) is 10.2 Å². The van der Waals surface area contributed by atoms with Gasteiger partial charge in [0.15, 0.2) is 0 Å². The molecular formula is C19H24N2O. The van der Waals surface area contributed by atoms with E-state index in [4.69, 9.17) is 0 Å². The van der Waals surface area contributed by atoms with Gasteiger partial charge in [0.1, 0.15) is 5.75 Å². The first-order valence-electron chi connectivity index (χ1n) is 8.03. The zero-order valence-corrected chi connectivity index (χ0v) is 13.1. The number of hydrogen-bond donors (Lipinski definition) is 2. The van der Waals surface area contributed by atoms with Gasteiger partial charge in [-0.05, 0) is 61.8 Å². The Kier molecular flexibility index (Phi) is 4.76. The summed E-state index contributed by atoms with van der Waals surface area (Å²) < 4.78 is 0. The molecular weight excluding hydrogens is 272 g/mol. The van der Waals surface area contributed by atoms with E-state index < -0.39 is 0 Å². The van der Waals surface area contributed by atoms with E-state index in [1.807, 2.05) is 25.2 Å². The van der Waals surface area contributed by atoms with Gasteiger partial charge in [0.25, 0.3) is 0 Å². The van der Waals surface area contributed by atoms with E-state index in [0.717, 1.165) is 19.6 Å². The third-order valence-electron chi connectivity index (χ3n) is 4.56. The van der Waals surface area contributed by atoms with Crippen LogP contribution in [0.5, 0.6) is 5.75 Å². The average molecular weight is 296 g/mol. The summed E-state index contributed by atoms with van der Waals surface area (Å²) in [5, 5.41) is 13.2. The summed E-state index contributed by atoms with van der Waals surface area (Å²) in [6, 6.07) is 16.8. The highest BCUT2D eigenvalue weighted by Crippen LogP contribution is 2.28. The molecule has 0 atom stereocenters. The first kappa shape index (κ1) is 15.1. The Morgan fingerprint density at radius 2 is 1.82 bits per heavy atom. The zero-order valence-electron chi connectivity index (χ0n) is 13.1. The molecule has 1 fully saturated rings. The Morgan fingerprint density at radius 3 is 2.50 bits per heavy atom. The highest BCUT2D eigenvalue weighted by Gasteiger charge is 2.19. The molecule has 0 spiro atoms. The zero-order chi connectivity index (χ0) is 15.4. The summed E-state index contributed by atoms with van der Waals surface area (Å²) in [6.45, 7) is 3.11. The summed E-state index contributed by atoms with van der Waals surface area (Å²) in [4.78, 5) is 2.48. The van der Waals surface area contributed by atoms with Crippen LogP contribution >= 0.6 is 0 Å². The Labute approximate surface area is 132 Å². The average Bonchev–Trinajstić information content (AvgIpc) is 2.56. The topological polar surface area (TPSA) is 35.5 Å². The Bertz CT molecular complexity index is 604. The van der Waals surface area contributed by atoms with Crippen LogP contribution in [0.25, 0.3) is 11.1 Å². The van der Waals surface area contributed by atoms with E-state index >= 15 is 0 Å². The molecule has 3 nitrogen and oxygen atoms in total. The lowest BCUT2D eigenvalue weighted by atomic mass is 9.98. The second-order valence-electron chi connectivity index (χ2n) is 6.05. The second kappa shape index (κ2) is 6.95. The largest absolute Gasteiger partial charge is 0.508 e. The van der Waals surface area contributed by atoms with Crippen LogP contribution in [-0.4, -0.2) is 36.2 Å². The SMILES string of the molecule is CNC1CCN(Cc2cc(O)ccc2-c2ccccc2)CC1.